The highest BCUT2D eigenvalue weighted by Gasteiger charge is 2.14. The normalized spacial score (nSPS) is 10.8. The van der Waals surface area contributed by atoms with Crippen LogP contribution < -0.4 is 0 Å². The molecule has 4 nitrogen and oxygen atoms in total. The standard InChI is InChI=1S/C16H13BrN2O2/c1-9-3-6-12(14(20)7-9)16-18-15(19-21-16)11-5-4-10(2)13(17)8-11/h3-8,20H,1-2H3. The van der Waals surface area contributed by atoms with E-state index in [0.717, 1.165) is 21.2 Å². The molecule has 0 saturated heterocycles. The van der Waals surface area contributed by atoms with Gasteiger partial charge in [-0.2, -0.15) is 4.98 Å². The molecule has 0 bridgehead atoms. The van der Waals surface area contributed by atoms with Crippen LogP contribution >= 0.6 is 15.9 Å². The second kappa shape index (κ2) is 5.33. The van der Waals surface area contributed by atoms with Crippen LogP contribution in [0.15, 0.2) is 45.4 Å². The quantitative estimate of drug-likeness (QED) is 0.744. The van der Waals surface area contributed by atoms with Crippen molar-refractivity contribution in [2.45, 2.75) is 13.8 Å². The number of aromatic hydroxyl groups is 1. The molecule has 0 radical (unpaired) electrons. The van der Waals surface area contributed by atoms with E-state index in [-0.39, 0.29) is 5.75 Å². The number of hydrogen-bond acceptors (Lipinski definition) is 4. The molecule has 0 fully saturated rings. The van der Waals surface area contributed by atoms with E-state index >= 15 is 0 Å². The Morgan fingerprint density at radius 2 is 1.90 bits per heavy atom. The van der Waals surface area contributed by atoms with E-state index < -0.39 is 0 Å². The van der Waals surface area contributed by atoms with Crippen molar-refractivity contribution in [3.8, 4) is 28.6 Å². The lowest BCUT2D eigenvalue weighted by Crippen LogP contribution is -1.84. The summed E-state index contributed by atoms with van der Waals surface area (Å²) in [6.45, 7) is 3.92. The number of rotatable bonds is 2. The van der Waals surface area contributed by atoms with Gasteiger partial charge in [0.25, 0.3) is 5.89 Å². The van der Waals surface area contributed by atoms with Gasteiger partial charge >= 0.3 is 0 Å². The number of phenolic OH excluding ortho intramolecular Hbond substituents is 1. The third kappa shape index (κ3) is 2.69. The molecule has 0 atom stereocenters. The number of phenols is 1. The van der Waals surface area contributed by atoms with Crippen molar-refractivity contribution < 1.29 is 9.63 Å². The predicted octanol–water partition coefficient (Wildman–Crippen LogP) is 4.49. The molecule has 2 aromatic carbocycles. The van der Waals surface area contributed by atoms with Gasteiger partial charge in [-0.3, -0.25) is 0 Å². The Bertz CT molecular complexity index is 812. The lowest BCUT2D eigenvalue weighted by molar-refractivity contribution is 0.425. The zero-order valence-electron chi connectivity index (χ0n) is 11.6. The Morgan fingerprint density at radius 3 is 2.62 bits per heavy atom. The van der Waals surface area contributed by atoms with Crippen LogP contribution in [0.4, 0.5) is 0 Å². The van der Waals surface area contributed by atoms with Crippen LogP contribution in [0.2, 0.25) is 0 Å². The Morgan fingerprint density at radius 1 is 1.10 bits per heavy atom. The maximum Gasteiger partial charge on any atom is 0.261 e. The third-order valence-electron chi connectivity index (χ3n) is 3.24. The van der Waals surface area contributed by atoms with Gasteiger partial charge in [0, 0.05) is 10.0 Å². The van der Waals surface area contributed by atoms with Gasteiger partial charge in [0.05, 0.1) is 5.56 Å². The molecule has 0 unspecified atom stereocenters. The molecule has 1 aromatic heterocycles. The van der Waals surface area contributed by atoms with E-state index in [9.17, 15) is 5.11 Å². The number of nitrogens with zero attached hydrogens (tertiary/aromatic N) is 2. The lowest BCUT2D eigenvalue weighted by Gasteiger charge is -2.00. The van der Waals surface area contributed by atoms with Crippen molar-refractivity contribution >= 4 is 15.9 Å². The largest absolute Gasteiger partial charge is 0.507 e. The van der Waals surface area contributed by atoms with Gasteiger partial charge in [0.2, 0.25) is 5.82 Å². The molecule has 1 heterocycles. The molecule has 3 aromatic rings. The highest BCUT2D eigenvalue weighted by atomic mass is 79.9. The molecule has 1 N–H and O–H groups in total. The second-order valence-corrected chi connectivity index (χ2v) is 5.76. The summed E-state index contributed by atoms with van der Waals surface area (Å²) < 4.78 is 6.25. The van der Waals surface area contributed by atoms with Crippen molar-refractivity contribution in [3.63, 3.8) is 0 Å². The summed E-state index contributed by atoms with van der Waals surface area (Å²) in [6, 6.07) is 11.2. The van der Waals surface area contributed by atoms with Crippen LogP contribution in [0.1, 0.15) is 11.1 Å². The molecule has 0 aliphatic rings. The van der Waals surface area contributed by atoms with Crippen LogP contribution in [0, 0.1) is 13.8 Å². The summed E-state index contributed by atoms with van der Waals surface area (Å²) in [6.07, 6.45) is 0. The van der Waals surface area contributed by atoms with E-state index in [1.165, 1.54) is 0 Å². The zero-order valence-corrected chi connectivity index (χ0v) is 13.2. The molecule has 0 spiro atoms. The summed E-state index contributed by atoms with van der Waals surface area (Å²) in [5.41, 5.74) is 3.50. The Hall–Kier alpha value is -2.14. The topological polar surface area (TPSA) is 59.2 Å². The first-order valence-corrected chi connectivity index (χ1v) is 7.24. The molecule has 106 valence electrons. The van der Waals surface area contributed by atoms with Gasteiger partial charge in [-0.15, -0.1) is 0 Å². The molecule has 0 aliphatic carbocycles. The number of benzene rings is 2. The van der Waals surface area contributed by atoms with Gasteiger partial charge < -0.3 is 9.63 Å². The molecule has 3 rings (SSSR count). The van der Waals surface area contributed by atoms with E-state index in [4.69, 9.17) is 4.52 Å². The monoisotopic (exact) mass is 344 g/mol. The molecule has 21 heavy (non-hydrogen) atoms. The molecule has 5 heteroatoms. The number of halogens is 1. The van der Waals surface area contributed by atoms with Gasteiger partial charge in [-0.05, 0) is 43.2 Å². The van der Waals surface area contributed by atoms with Crippen LogP contribution in [0.25, 0.3) is 22.8 Å². The fourth-order valence-electron chi connectivity index (χ4n) is 2.00. The van der Waals surface area contributed by atoms with Crippen LogP contribution in [0.5, 0.6) is 5.75 Å². The number of aryl methyl sites for hydroxylation is 2. The summed E-state index contributed by atoms with van der Waals surface area (Å²) in [4.78, 5) is 4.35. The van der Waals surface area contributed by atoms with Crippen molar-refractivity contribution in [3.05, 3.63) is 52.0 Å². The van der Waals surface area contributed by atoms with Crippen LogP contribution in [-0.4, -0.2) is 15.2 Å². The number of aromatic nitrogens is 2. The van der Waals surface area contributed by atoms with Crippen LogP contribution in [-0.2, 0) is 0 Å². The fraction of sp³-hybridized carbons (Fsp3) is 0.125. The molecule has 0 amide bonds. The lowest BCUT2D eigenvalue weighted by atomic mass is 10.1. The van der Waals surface area contributed by atoms with Crippen molar-refractivity contribution in [2.75, 3.05) is 0 Å². The summed E-state index contributed by atoms with van der Waals surface area (Å²) in [5, 5.41) is 13.9. The minimum Gasteiger partial charge on any atom is -0.507 e. The molecule has 0 saturated carbocycles. The minimum absolute atomic E-state index is 0.135. The summed E-state index contributed by atoms with van der Waals surface area (Å²) >= 11 is 3.49. The van der Waals surface area contributed by atoms with E-state index in [1.54, 1.807) is 12.1 Å². The van der Waals surface area contributed by atoms with E-state index in [2.05, 4.69) is 26.1 Å². The van der Waals surface area contributed by atoms with Gasteiger partial charge in [0.1, 0.15) is 5.75 Å². The smallest absolute Gasteiger partial charge is 0.261 e. The van der Waals surface area contributed by atoms with Crippen molar-refractivity contribution in [1.82, 2.24) is 10.1 Å². The Labute approximate surface area is 130 Å². The third-order valence-corrected chi connectivity index (χ3v) is 4.09. The number of hydrogen-bond donors (Lipinski definition) is 1. The summed E-state index contributed by atoms with van der Waals surface area (Å²) in [5.74, 6) is 0.931. The van der Waals surface area contributed by atoms with Crippen molar-refractivity contribution in [1.29, 1.82) is 0 Å². The maximum absolute atomic E-state index is 9.97. The summed E-state index contributed by atoms with van der Waals surface area (Å²) in [7, 11) is 0. The van der Waals surface area contributed by atoms with E-state index in [0.29, 0.717) is 17.3 Å². The minimum atomic E-state index is 0.135. The predicted molar refractivity (Wildman–Crippen MR) is 84.0 cm³/mol. The fourth-order valence-corrected chi connectivity index (χ4v) is 2.38. The first-order valence-electron chi connectivity index (χ1n) is 6.45. The molecule has 0 aliphatic heterocycles. The van der Waals surface area contributed by atoms with Gasteiger partial charge in [0.15, 0.2) is 0 Å². The zero-order chi connectivity index (χ0) is 15.0. The average molecular weight is 345 g/mol. The highest BCUT2D eigenvalue weighted by Crippen LogP contribution is 2.31. The highest BCUT2D eigenvalue weighted by molar-refractivity contribution is 9.10. The first kappa shape index (κ1) is 13.8. The Balaban J connectivity index is 2.01. The molecular weight excluding hydrogens is 332 g/mol. The second-order valence-electron chi connectivity index (χ2n) is 4.91. The first-order chi connectivity index (χ1) is 10.0. The SMILES string of the molecule is Cc1ccc(-c2nc(-c3ccc(C)c(Br)c3)no2)c(O)c1. The van der Waals surface area contributed by atoms with Gasteiger partial charge in [-0.1, -0.05) is 39.3 Å². The van der Waals surface area contributed by atoms with E-state index in [1.807, 2.05) is 38.1 Å². The Kier molecular flexibility index (Phi) is 3.51. The maximum atomic E-state index is 9.97. The van der Waals surface area contributed by atoms with Crippen LogP contribution in [0.3, 0.4) is 0 Å². The van der Waals surface area contributed by atoms with Gasteiger partial charge in [-0.25, -0.2) is 0 Å². The van der Waals surface area contributed by atoms with Crippen molar-refractivity contribution in [2.24, 2.45) is 0 Å². The average Bonchev–Trinajstić information content (AvgIpc) is 2.91. The molecular formula is C16H13BrN2O2.